The lowest BCUT2D eigenvalue weighted by atomic mass is 10.1. The third kappa shape index (κ3) is 3.26. The van der Waals surface area contributed by atoms with Crippen LogP contribution >= 0.6 is 11.6 Å². The quantitative estimate of drug-likeness (QED) is 0.875. The van der Waals surface area contributed by atoms with Crippen molar-refractivity contribution in [3.63, 3.8) is 0 Å². The van der Waals surface area contributed by atoms with Crippen molar-refractivity contribution in [1.82, 2.24) is 20.0 Å². The third-order valence-corrected chi connectivity index (χ3v) is 5.87. The van der Waals surface area contributed by atoms with E-state index in [9.17, 15) is 4.79 Å². The summed E-state index contributed by atoms with van der Waals surface area (Å²) in [4.78, 5) is 15.1. The van der Waals surface area contributed by atoms with Crippen molar-refractivity contribution in [2.45, 2.75) is 32.1 Å². The van der Waals surface area contributed by atoms with Gasteiger partial charge in [0.1, 0.15) is 0 Å². The number of carbonyl (C=O) groups excluding carboxylic acids is 1. The molecule has 1 aromatic carbocycles. The van der Waals surface area contributed by atoms with Gasteiger partial charge in [-0.25, -0.2) is 4.68 Å². The molecule has 6 heteroatoms. The Morgan fingerprint density at radius 2 is 2.15 bits per heavy atom. The number of likely N-dealkylation sites (tertiary alicyclic amines) is 1. The van der Waals surface area contributed by atoms with Crippen LogP contribution in [0.15, 0.2) is 24.4 Å². The molecule has 1 N–H and O–H groups in total. The Balaban J connectivity index is 1.64. The highest BCUT2D eigenvalue weighted by Gasteiger charge is 2.35. The summed E-state index contributed by atoms with van der Waals surface area (Å²) in [5, 5.41) is 8.51. The van der Waals surface area contributed by atoms with Crippen molar-refractivity contribution >= 4 is 17.5 Å². The minimum absolute atomic E-state index is 0.120. The number of benzene rings is 1. The zero-order valence-corrected chi connectivity index (χ0v) is 16.1. The molecule has 1 aromatic heterocycles. The molecular formula is C20H25ClN4O. The molecule has 1 unspecified atom stereocenters. The number of rotatable bonds is 5. The van der Waals surface area contributed by atoms with Crippen LogP contribution in [0.4, 0.5) is 0 Å². The Bertz CT molecular complexity index is 827. The number of aryl methyl sites for hydroxylation is 1. The Labute approximate surface area is 159 Å². The minimum atomic E-state index is 0.120. The molecule has 138 valence electrons. The highest BCUT2D eigenvalue weighted by Crippen LogP contribution is 2.43. The second kappa shape index (κ2) is 7.05. The number of halogens is 1. The number of amides is 1. The first-order valence-electron chi connectivity index (χ1n) is 9.36. The number of nitrogens with one attached hydrogen (secondary N) is 1. The molecule has 1 saturated carbocycles. The van der Waals surface area contributed by atoms with Crippen LogP contribution in [0.25, 0.3) is 5.69 Å². The van der Waals surface area contributed by atoms with Crippen LogP contribution in [0.2, 0.25) is 5.02 Å². The van der Waals surface area contributed by atoms with E-state index in [2.05, 4.69) is 10.4 Å². The summed E-state index contributed by atoms with van der Waals surface area (Å²) in [6.07, 6.45) is 5.05. The molecule has 26 heavy (non-hydrogen) atoms. The topological polar surface area (TPSA) is 50.2 Å². The number of hydrogen-bond donors (Lipinski definition) is 1. The summed E-state index contributed by atoms with van der Waals surface area (Å²) in [7, 11) is 1.96. The van der Waals surface area contributed by atoms with Gasteiger partial charge in [-0.2, -0.15) is 5.10 Å². The van der Waals surface area contributed by atoms with Crippen LogP contribution in [0.5, 0.6) is 0 Å². The lowest BCUT2D eigenvalue weighted by molar-refractivity contribution is 0.0786. The SMILES string of the molecule is CNCC1CCN(C(=O)c2cnn(-c3ccc(C)c(Cl)c3)c2C2CC2)C1. The molecule has 0 radical (unpaired) electrons. The standard InChI is InChI=1S/C20H25ClN4O/c1-13-3-6-16(9-18(13)21)25-19(15-4-5-15)17(11-23-25)20(26)24-8-7-14(12-24)10-22-2/h3,6,9,11,14-15,22H,4-5,7-8,10,12H2,1-2H3. The monoisotopic (exact) mass is 372 g/mol. The number of hydrogen-bond acceptors (Lipinski definition) is 3. The fraction of sp³-hybridized carbons (Fsp3) is 0.500. The largest absolute Gasteiger partial charge is 0.338 e. The third-order valence-electron chi connectivity index (χ3n) is 5.47. The van der Waals surface area contributed by atoms with Gasteiger partial charge in [0.25, 0.3) is 5.91 Å². The molecule has 2 aliphatic rings. The first-order valence-corrected chi connectivity index (χ1v) is 9.74. The Morgan fingerprint density at radius 1 is 1.35 bits per heavy atom. The molecule has 5 nitrogen and oxygen atoms in total. The first-order chi connectivity index (χ1) is 12.6. The lowest BCUT2D eigenvalue weighted by Gasteiger charge is -2.17. The van der Waals surface area contributed by atoms with Gasteiger partial charge in [0.05, 0.1) is 23.1 Å². The fourth-order valence-corrected chi connectivity index (χ4v) is 4.01. The summed E-state index contributed by atoms with van der Waals surface area (Å²) in [6, 6.07) is 5.95. The van der Waals surface area contributed by atoms with Crippen LogP contribution in [0, 0.1) is 12.8 Å². The number of nitrogens with zero attached hydrogens (tertiary/aromatic N) is 3. The fourth-order valence-electron chi connectivity index (χ4n) is 3.83. The maximum absolute atomic E-state index is 13.1. The van der Waals surface area contributed by atoms with E-state index in [1.54, 1.807) is 6.20 Å². The number of carbonyl (C=O) groups is 1. The van der Waals surface area contributed by atoms with Gasteiger partial charge in [-0.15, -0.1) is 0 Å². The van der Waals surface area contributed by atoms with Crippen molar-refractivity contribution in [3.8, 4) is 5.69 Å². The van der Waals surface area contributed by atoms with Gasteiger partial charge in [-0.05, 0) is 63.4 Å². The average Bonchev–Trinajstić information content (AvgIpc) is 3.19. The molecular weight excluding hydrogens is 348 g/mol. The molecule has 1 atom stereocenters. The molecule has 1 saturated heterocycles. The van der Waals surface area contributed by atoms with E-state index in [-0.39, 0.29) is 5.91 Å². The zero-order valence-electron chi connectivity index (χ0n) is 15.3. The van der Waals surface area contributed by atoms with Gasteiger partial charge in [-0.1, -0.05) is 17.7 Å². The molecule has 2 fully saturated rings. The van der Waals surface area contributed by atoms with Crippen molar-refractivity contribution in [2.75, 3.05) is 26.7 Å². The van der Waals surface area contributed by atoms with E-state index in [1.807, 2.05) is 41.8 Å². The van der Waals surface area contributed by atoms with E-state index >= 15 is 0 Å². The molecule has 2 heterocycles. The van der Waals surface area contributed by atoms with Gasteiger partial charge >= 0.3 is 0 Å². The van der Waals surface area contributed by atoms with Gasteiger partial charge in [0, 0.05) is 24.0 Å². The van der Waals surface area contributed by atoms with E-state index in [0.29, 0.717) is 11.8 Å². The van der Waals surface area contributed by atoms with E-state index in [4.69, 9.17) is 11.6 Å². The minimum Gasteiger partial charge on any atom is -0.338 e. The average molecular weight is 373 g/mol. The van der Waals surface area contributed by atoms with Crippen molar-refractivity contribution in [2.24, 2.45) is 5.92 Å². The molecule has 2 aromatic rings. The predicted molar refractivity (Wildman–Crippen MR) is 103 cm³/mol. The number of aromatic nitrogens is 2. The highest BCUT2D eigenvalue weighted by atomic mass is 35.5. The van der Waals surface area contributed by atoms with E-state index in [0.717, 1.165) is 66.4 Å². The highest BCUT2D eigenvalue weighted by molar-refractivity contribution is 6.31. The Hall–Kier alpha value is -1.85. The Kier molecular flexibility index (Phi) is 4.76. The predicted octanol–water partition coefficient (Wildman–Crippen LogP) is 3.39. The summed E-state index contributed by atoms with van der Waals surface area (Å²) in [6.45, 7) is 4.60. The lowest BCUT2D eigenvalue weighted by Crippen LogP contribution is -2.30. The molecule has 1 amide bonds. The smallest absolute Gasteiger partial charge is 0.257 e. The summed E-state index contributed by atoms with van der Waals surface area (Å²) in [5.74, 6) is 1.08. The molecule has 0 spiro atoms. The van der Waals surface area contributed by atoms with Crippen LogP contribution in [0.1, 0.15) is 46.8 Å². The maximum atomic E-state index is 13.1. The molecule has 1 aliphatic carbocycles. The molecule has 0 bridgehead atoms. The van der Waals surface area contributed by atoms with Crippen molar-refractivity contribution < 1.29 is 4.79 Å². The van der Waals surface area contributed by atoms with Crippen LogP contribution < -0.4 is 5.32 Å². The maximum Gasteiger partial charge on any atom is 0.257 e. The van der Waals surface area contributed by atoms with E-state index < -0.39 is 0 Å². The summed E-state index contributed by atoms with van der Waals surface area (Å²) < 4.78 is 1.91. The second-order valence-corrected chi connectivity index (χ2v) is 7.93. The van der Waals surface area contributed by atoms with Crippen LogP contribution in [-0.2, 0) is 0 Å². The van der Waals surface area contributed by atoms with Gasteiger partial charge < -0.3 is 10.2 Å². The summed E-state index contributed by atoms with van der Waals surface area (Å²) in [5.41, 5.74) is 3.77. The molecule has 1 aliphatic heterocycles. The van der Waals surface area contributed by atoms with Gasteiger partial charge in [0.2, 0.25) is 0 Å². The Morgan fingerprint density at radius 3 is 2.85 bits per heavy atom. The normalized spacial score (nSPS) is 20.0. The van der Waals surface area contributed by atoms with Gasteiger partial charge in [0.15, 0.2) is 0 Å². The van der Waals surface area contributed by atoms with Crippen LogP contribution in [0.3, 0.4) is 0 Å². The van der Waals surface area contributed by atoms with Crippen molar-refractivity contribution in [1.29, 1.82) is 0 Å². The van der Waals surface area contributed by atoms with E-state index in [1.165, 1.54) is 0 Å². The van der Waals surface area contributed by atoms with Gasteiger partial charge in [-0.3, -0.25) is 4.79 Å². The summed E-state index contributed by atoms with van der Waals surface area (Å²) >= 11 is 6.31. The first kappa shape index (κ1) is 17.6. The molecule has 4 rings (SSSR count). The zero-order chi connectivity index (χ0) is 18.3. The van der Waals surface area contributed by atoms with Crippen molar-refractivity contribution in [3.05, 3.63) is 46.2 Å². The van der Waals surface area contributed by atoms with Crippen LogP contribution in [-0.4, -0.2) is 47.3 Å². The second-order valence-electron chi connectivity index (χ2n) is 7.53.